The molecular weight excluding hydrogens is 316 g/mol. The van der Waals surface area contributed by atoms with Gasteiger partial charge in [-0.05, 0) is 59.8 Å². The first kappa shape index (κ1) is 24.8. The number of rotatable bonds is 14. The lowest BCUT2D eigenvalue weighted by molar-refractivity contribution is -0.0548. The average molecular weight is 361 g/mol. The standard InChI is InChI=1S/C20H44N2O3/c1-9-17(23)12-21-16(4)11-19(5,6)25-14-15(3)20(7,8)22-13-18(24)10-2/h15-18,21-24H,9-14H2,1-8H3. The summed E-state index contributed by atoms with van der Waals surface area (Å²) in [6, 6.07) is 0.289. The van der Waals surface area contributed by atoms with Crippen LogP contribution in [0.2, 0.25) is 0 Å². The predicted octanol–water partition coefficient (Wildman–Crippen LogP) is 2.70. The average Bonchev–Trinajstić information content (AvgIpc) is 2.54. The first-order valence-corrected chi connectivity index (χ1v) is 9.92. The molecule has 0 spiro atoms. The van der Waals surface area contributed by atoms with Crippen LogP contribution >= 0.6 is 0 Å². The maximum Gasteiger partial charge on any atom is 0.0662 e. The second-order valence-electron chi connectivity index (χ2n) is 8.71. The second kappa shape index (κ2) is 11.5. The van der Waals surface area contributed by atoms with Gasteiger partial charge in [0.15, 0.2) is 0 Å². The summed E-state index contributed by atoms with van der Waals surface area (Å²) < 4.78 is 6.21. The molecule has 0 aliphatic heterocycles. The highest BCUT2D eigenvalue weighted by Crippen LogP contribution is 2.22. The zero-order chi connectivity index (χ0) is 19.7. The van der Waals surface area contributed by atoms with Crippen molar-refractivity contribution in [2.24, 2.45) is 5.92 Å². The molecule has 0 saturated carbocycles. The lowest BCUT2D eigenvalue weighted by atomic mass is 9.89. The summed E-state index contributed by atoms with van der Waals surface area (Å²) in [5.74, 6) is 0.320. The van der Waals surface area contributed by atoms with Crippen molar-refractivity contribution in [1.29, 1.82) is 0 Å². The maximum absolute atomic E-state index is 9.75. The van der Waals surface area contributed by atoms with E-state index in [2.05, 4.69) is 52.2 Å². The van der Waals surface area contributed by atoms with Gasteiger partial charge in [0.25, 0.3) is 0 Å². The molecule has 0 bridgehead atoms. The van der Waals surface area contributed by atoms with Crippen LogP contribution in [0.4, 0.5) is 0 Å². The van der Waals surface area contributed by atoms with Crippen molar-refractivity contribution in [2.45, 2.75) is 104 Å². The van der Waals surface area contributed by atoms with Gasteiger partial charge in [-0.15, -0.1) is 0 Å². The third kappa shape index (κ3) is 11.2. The van der Waals surface area contributed by atoms with Crippen LogP contribution in [0.3, 0.4) is 0 Å². The Morgan fingerprint density at radius 3 is 1.96 bits per heavy atom. The van der Waals surface area contributed by atoms with Gasteiger partial charge in [0.1, 0.15) is 0 Å². The summed E-state index contributed by atoms with van der Waals surface area (Å²) in [6.45, 7) is 18.8. The lowest BCUT2D eigenvalue weighted by Gasteiger charge is -2.37. The van der Waals surface area contributed by atoms with E-state index in [1.165, 1.54) is 0 Å². The molecule has 0 aromatic carbocycles. The SMILES string of the molecule is CCC(O)CNC(C)CC(C)(C)OCC(C)C(C)(C)NCC(O)CC. The van der Waals surface area contributed by atoms with Crippen LogP contribution in [0.5, 0.6) is 0 Å². The van der Waals surface area contributed by atoms with E-state index in [1.807, 2.05) is 13.8 Å². The molecule has 0 aromatic heterocycles. The minimum absolute atomic E-state index is 0.0959. The van der Waals surface area contributed by atoms with E-state index in [1.54, 1.807) is 0 Å². The fourth-order valence-corrected chi connectivity index (χ4v) is 2.61. The summed E-state index contributed by atoms with van der Waals surface area (Å²) >= 11 is 0. The van der Waals surface area contributed by atoms with Crippen molar-refractivity contribution in [1.82, 2.24) is 10.6 Å². The molecule has 4 N–H and O–H groups in total. The largest absolute Gasteiger partial charge is 0.392 e. The van der Waals surface area contributed by atoms with Crippen LogP contribution < -0.4 is 10.6 Å². The fraction of sp³-hybridized carbons (Fsp3) is 1.00. The Balaban J connectivity index is 4.32. The highest BCUT2D eigenvalue weighted by Gasteiger charge is 2.29. The Bertz CT molecular complexity index is 348. The number of ether oxygens (including phenoxy) is 1. The molecule has 0 aliphatic carbocycles. The van der Waals surface area contributed by atoms with Gasteiger partial charge < -0.3 is 25.6 Å². The molecule has 0 aliphatic rings. The topological polar surface area (TPSA) is 73.8 Å². The molecule has 5 heteroatoms. The third-order valence-electron chi connectivity index (χ3n) is 5.19. The molecular formula is C20H44N2O3. The molecule has 4 unspecified atom stereocenters. The highest BCUT2D eigenvalue weighted by atomic mass is 16.5. The van der Waals surface area contributed by atoms with Gasteiger partial charge in [-0.1, -0.05) is 20.8 Å². The van der Waals surface area contributed by atoms with Crippen LogP contribution in [0.25, 0.3) is 0 Å². The Kier molecular flexibility index (Phi) is 11.4. The first-order valence-electron chi connectivity index (χ1n) is 9.92. The van der Waals surface area contributed by atoms with Crippen LogP contribution in [-0.4, -0.2) is 59.3 Å². The van der Waals surface area contributed by atoms with Crippen molar-refractivity contribution >= 4 is 0 Å². The summed E-state index contributed by atoms with van der Waals surface area (Å²) in [4.78, 5) is 0. The second-order valence-corrected chi connectivity index (χ2v) is 8.71. The van der Waals surface area contributed by atoms with Crippen molar-refractivity contribution in [3.8, 4) is 0 Å². The smallest absolute Gasteiger partial charge is 0.0662 e. The number of nitrogens with one attached hydrogen (secondary N) is 2. The normalized spacial score (nSPS) is 18.0. The molecule has 0 radical (unpaired) electrons. The van der Waals surface area contributed by atoms with Gasteiger partial charge in [0.05, 0.1) is 24.4 Å². The van der Waals surface area contributed by atoms with Crippen molar-refractivity contribution in [3.05, 3.63) is 0 Å². The van der Waals surface area contributed by atoms with Gasteiger partial charge in [-0.25, -0.2) is 0 Å². The predicted molar refractivity (Wildman–Crippen MR) is 106 cm³/mol. The van der Waals surface area contributed by atoms with E-state index in [0.717, 1.165) is 19.3 Å². The fourth-order valence-electron chi connectivity index (χ4n) is 2.61. The summed E-state index contributed by atoms with van der Waals surface area (Å²) in [7, 11) is 0. The number of β-amino-alcohol motifs (C(OH)–C–C–N with tert-alkyl or cyclic N) is 1. The third-order valence-corrected chi connectivity index (χ3v) is 5.19. The van der Waals surface area contributed by atoms with Gasteiger partial charge >= 0.3 is 0 Å². The van der Waals surface area contributed by atoms with E-state index in [9.17, 15) is 10.2 Å². The monoisotopic (exact) mass is 360 g/mol. The summed E-state index contributed by atoms with van der Waals surface area (Å²) in [5.41, 5.74) is -0.321. The molecule has 0 amide bonds. The number of aliphatic hydroxyl groups is 2. The van der Waals surface area contributed by atoms with E-state index in [0.29, 0.717) is 25.6 Å². The summed E-state index contributed by atoms with van der Waals surface area (Å²) in [6.07, 6.45) is 1.84. The van der Waals surface area contributed by atoms with E-state index < -0.39 is 0 Å². The zero-order valence-electron chi connectivity index (χ0n) is 17.9. The van der Waals surface area contributed by atoms with Crippen LogP contribution in [0, 0.1) is 5.92 Å². The van der Waals surface area contributed by atoms with E-state index in [-0.39, 0.29) is 29.4 Å². The first-order chi connectivity index (χ1) is 11.4. The van der Waals surface area contributed by atoms with Crippen LogP contribution in [-0.2, 0) is 4.74 Å². The number of hydrogen-bond donors (Lipinski definition) is 4. The Morgan fingerprint density at radius 1 is 0.920 bits per heavy atom. The number of aliphatic hydroxyl groups excluding tert-OH is 2. The van der Waals surface area contributed by atoms with Crippen molar-refractivity contribution in [2.75, 3.05) is 19.7 Å². The Labute approximate surface area is 155 Å². The lowest BCUT2D eigenvalue weighted by Crippen LogP contribution is -2.50. The van der Waals surface area contributed by atoms with Gasteiger partial charge in [-0.3, -0.25) is 0 Å². The van der Waals surface area contributed by atoms with Crippen molar-refractivity contribution < 1.29 is 14.9 Å². The van der Waals surface area contributed by atoms with E-state index in [4.69, 9.17) is 4.74 Å². The molecule has 152 valence electrons. The molecule has 5 nitrogen and oxygen atoms in total. The summed E-state index contributed by atoms with van der Waals surface area (Å²) in [5, 5.41) is 26.2. The molecule has 0 heterocycles. The van der Waals surface area contributed by atoms with Crippen LogP contribution in [0.15, 0.2) is 0 Å². The Morgan fingerprint density at radius 2 is 1.44 bits per heavy atom. The van der Waals surface area contributed by atoms with Gasteiger partial charge in [0, 0.05) is 24.7 Å². The van der Waals surface area contributed by atoms with E-state index >= 15 is 0 Å². The van der Waals surface area contributed by atoms with Crippen molar-refractivity contribution in [3.63, 3.8) is 0 Å². The molecule has 0 rings (SSSR count). The van der Waals surface area contributed by atoms with Gasteiger partial charge in [0.2, 0.25) is 0 Å². The quantitative estimate of drug-likeness (QED) is 0.383. The van der Waals surface area contributed by atoms with Gasteiger partial charge in [-0.2, -0.15) is 0 Å². The molecule has 0 aromatic rings. The minimum atomic E-state index is -0.297. The molecule has 0 saturated heterocycles. The maximum atomic E-state index is 9.75. The number of hydrogen-bond acceptors (Lipinski definition) is 5. The molecule has 0 fully saturated rings. The van der Waals surface area contributed by atoms with Crippen LogP contribution in [0.1, 0.15) is 74.7 Å². The highest BCUT2D eigenvalue weighted by molar-refractivity contribution is 4.85. The zero-order valence-corrected chi connectivity index (χ0v) is 17.9. The minimum Gasteiger partial charge on any atom is -0.392 e. The molecule has 25 heavy (non-hydrogen) atoms. The molecule has 4 atom stereocenters. The Hall–Kier alpha value is -0.200.